The average Bonchev–Trinajstić information content (AvgIpc) is 2.42. The van der Waals surface area contributed by atoms with E-state index >= 15 is 0 Å². The maximum absolute atomic E-state index is 5.60. The van der Waals surface area contributed by atoms with E-state index < -0.39 is 0 Å². The van der Waals surface area contributed by atoms with Crippen molar-refractivity contribution in [2.24, 2.45) is 5.92 Å². The highest BCUT2D eigenvalue weighted by molar-refractivity contribution is 5.23. The minimum Gasteiger partial charge on any atom is -0.492 e. The van der Waals surface area contributed by atoms with Gasteiger partial charge in [0.2, 0.25) is 0 Å². The number of nitrogens with one attached hydrogen (secondary N) is 1. The highest BCUT2D eigenvalue weighted by atomic mass is 16.5. The molecule has 0 radical (unpaired) electrons. The van der Waals surface area contributed by atoms with Crippen molar-refractivity contribution in [1.82, 2.24) is 10.3 Å². The van der Waals surface area contributed by atoms with Gasteiger partial charge in [-0.25, -0.2) is 0 Å². The lowest BCUT2D eigenvalue weighted by Crippen LogP contribution is -2.25. The maximum Gasteiger partial charge on any atom is 0.137 e. The summed E-state index contributed by atoms with van der Waals surface area (Å²) in [5.74, 6) is 1.44. The van der Waals surface area contributed by atoms with E-state index in [1.807, 2.05) is 6.20 Å². The second-order valence-corrected chi connectivity index (χ2v) is 4.88. The molecule has 1 atom stereocenters. The van der Waals surface area contributed by atoms with E-state index in [1.165, 1.54) is 5.56 Å². The molecule has 1 unspecified atom stereocenters. The van der Waals surface area contributed by atoms with Crippen molar-refractivity contribution in [1.29, 1.82) is 0 Å². The molecule has 108 valence electrons. The molecule has 0 spiro atoms. The maximum atomic E-state index is 5.60. The van der Waals surface area contributed by atoms with Crippen molar-refractivity contribution in [3.8, 4) is 5.75 Å². The molecule has 4 nitrogen and oxygen atoms in total. The molecule has 1 aromatic rings. The van der Waals surface area contributed by atoms with Gasteiger partial charge in [-0.05, 0) is 36.9 Å². The van der Waals surface area contributed by atoms with Gasteiger partial charge in [-0.3, -0.25) is 4.98 Å². The zero-order chi connectivity index (χ0) is 13.9. The zero-order valence-electron chi connectivity index (χ0n) is 12.3. The third kappa shape index (κ3) is 7.13. The lowest BCUT2D eigenvalue weighted by atomic mass is 10.0. The first-order valence-electron chi connectivity index (χ1n) is 7.02. The lowest BCUT2D eigenvalue weighted by molar-refractivity contribution is 0.198. The van der Waals surface area contributed by atoms with E-state index in [0.29, 0.717) is 5.92 Å². The van der Waals surface area contributed by atoms with Crippen LogP contribution in [0.2, 0.25) is 0 Å². The van der Waals surface area contributed by atoms with E-state index in [1.54, 1.807) is 13.3 Å². The zero-order valence-corrected chi connectivity index (χ0v) is 12.3. The van der Waals surface area contributed by atoms with Crippen molar-refractivity contribution in [3.05, 3.63) is 24.0 Å². The highest BCUT2D eigenvalue weighted by Gasteiger charge is 2.05. The number of methoxy groups -OCH3 is 1. The Labute approximate surface area is 116 Å². The van der Waals surface area contributed by atoms with Gasteiger partial charge in [-0.1, -0.05) is 13.8 Å². The molecular weight excluding hydrogens is 240 g/mol. The van der Waals surface area contributed by atoms with Gasteiger partial charge in [-0.2, -0.15) is 0 Å². The SMILES string of the molecule is CCCOc1cncc(CC(C)CNCCOC)c1. The molecule has 0 aliphatic heterocycles. The van der Waals surface area contributed by atoms with Crippen LogP contribution in [0.5, 0.6) is 5.75 Å². The first-order chi connectivity index (χ1) is 9.26. The minimum absolute atomic E-state index is 0.570. The third-order valence-electron chi connectivity index (χ3n) is 2.80. The van der Waals surface area contributed by atoms with Gasteiger partial charge in [0, 0.05) is 19.9 Å². The van der Waals surface area contributed by atoms with E-state index in [0.717, 1.165) is 44.9 Å². The fourth-order valence-corrected chi connectivity index (χ4v) is 1.87. The van der Waals surface area contributed by atoms with Crippen molar-refractivity contribution < 1.29 is 9.47 Å². The van der Waals surface area contributed by atoms with Crippen LogP contribution in [-0.2, 0) is 11.2 Å². The molecule has 1 N–H and O–H groups in total. The van der Waals surface area contributed by atoms with Crippen LogP contribution in [0.3, 0.4) is 0 Å². The Morgan fingerprint density at radius 1 is 1.32 bits per heavy atom. The molecule has 0 saturated carbocycles. The summed E-state index contributed by atoms with van der Waals surface area (Å²) in [6, 6.07) is 2.09. The summed E-state index contributed by atoms with van der Waals surface area (Å²) in [5.41, 5.74) is 1.23. The monoisotopic (exact) mass is 266 g/mol. The summed E-state index contributed by atoms with van der Waals surface area (Å²) < 4.78 is 10.6. The van der Waals surface area contributed by atoms with Gasteiger partial charge < -0.3 is 14.8 Å². The normalized spacial score (nSPS) is 12.4. The van der Waals surface area contributed by atoms with E-state index in [4.69, 9.17) is 9.47 Å². The predicted octanol–water partition coefficient (Wildman–Crippen LogP) is 2.29. The Morgan fingerprint density at radius 3 is 2.89 bits per heavy atom. The summed E-state index contributed by atoms with van der Waals surface area (Å²) in [6.45, 7) is 7.74. The molecule has 0 saturated heterocycles. The Bertz CT molecular complexity index is 345. The predicted molar refractivity (Wildman–Crippen MR) is 77.6 cm³/mol. The number of rotatable bonds is 10. The van der Waals surface area contributed by atoms with E-state index in [-0.39, 0.29) is 0 Å². The first-order valence-corrected chi connectivity index (χ1v) is 7.02. The molecule has 0 fully saturated rings. The summed E-state index contributed by atoms with van der Waals surface area (Å²) in [5, 5.41) is 3.38. The van der Waals surface area contributed by atoms with Gasteiger partial charge in [0.15, 0.2) is 0 Å². The molecule has 4 heteroatoms. The van der Waals surface area contributed by atoms with Gasteiger partial charge in [0.1, 0.15) is 5.75 Å². The van der Waals surface area contributed by atoms with Gasteiger partial charge in [0.05, 0.1) is 19.4 Å². The smallest absolute Gasteiger partial charge is 0.137 e. The number of hydrogen-bond acceptors (Lipinski definition) is 4. The summed E-state index contributed by atoms with van der Waals surface area (Å²) in [7, 11) is 1.72. The molecule has 0 bridgehead atoms. The van der Waals surface area contributed by atoms with Gasteiger partial charge >= 0.3 is 0 Å². The lowest BCUT2D eigenvalue weighted by Gasteiger charge is -2.13. The van der Waals surface area contributed by atoms with E-state index in [2.05, 4.69) is 30.2 Å². The summed E-state index contributed by atoms with van der Waals surface area (Å²) in [6.07, 6.45) is 5.73. The number of hydrogen-bond donors (Lipinski definition) is 1. The van der Waals surface area contributed by atoms with Crippen LogP contribution < -0.4 is 10.1 Å². The standard InChI is InChI=1S/C15H26N2O2/c1-4-6-19-15-9-14(11-17-12-15)8-13(2)10-16-5-7-18-3/h9,11-13,16H,4-8,10H2,1-3H3. The molecule has 0 aromatic carbocycles. The van der Waals surface area contributed by atoms with E-state index in [9.17, 15) is 0 Å². The Balaban J connectivity index is 2.34. The average molecular weight is 266 g/mol. The Morgan fingerprint density at radius 2 is 2.16 bits per heavy atom. The quantitative estimate of drug-likeness (QED) is 0.660. The Hall–Kier alpha value is -1.13. The second kappa shape index (κ2) is 9.75. The number of aromatic nitrogens is 1. The third-order valence-corrected chi connectivity index (χ3v) is 2.80. The molecule has 0 aliphatic carbocycles. The van der Waals surface area contributed by atoms with Gasteiger partial charge in [0.25, 0.3) is 0 Å². The van der Waals surface area contributed by atoms with Crippen molar-refractivity contribution in [3.63, 3.8) is 0 Å². The van der Waals surface area contributed by atoms with Crippen molar-refractivity contribution >= 4 is 0 Å². The number of ether oxygens (including phenoxy) is 2. The fourth-order valence-electron chi connectivity index (χ4n) is 1.87. The highest BCUT2D eigenvalue weighted by Crippen LogP contribution is 2.14. The Kier molecular flexibility index (Phi) is 8.18. The van der Waals surface area contributed by atoms with Crippen molar-refractivity contribution in [2.45, 2.75) is 26.7 Å². The summed E-state index contributed by atoms with van der Waals surface area (Å²) >= 11 is 0. The first kappa shape index (κ1) is 15.9. The number of pyridine rings is 1. The van der Waals surface area contributed by atoms with Crippen LogP contribution in [0, 0.1) is 5.92 Å². The van der Waals surface area contributed by atoms with Crippen LogP contribution in [0.25, 0.3) is 0 Å². The van der Waals surface area contributed by atoms with Crippen LogP contribution in [0.4, 0.5) is 0 Å². The molecular formula is C15H26N2O2. The van der Waals surface area contributed by atoms with Gasteiger partial charge in [-0.15, -0.1) is 0 Å². The topological polar surface area (TPSA) is 43.4 Å². The molecule has 0 aliphatic rings. The molecule has 1 heterocycles. The van der Waals surface area contributed by atoms with Crippen LogP contribution in [0.15, 0.2) is 18.5 Å². The summed E-state index contributed by atoms with van der Waals surface area (Å²) in [4.78, 5) is 4.23. The fraction of sp³-hybridized carbons (Fsp3) is 0.667. The molecule has 0 amide bonds. The van der Waals surface area contributed by atoms with Crippen LogP contribution >= 0.6 is 0 Å². The molecule has 19 heavy (non-hydrogen) atoms. The minimum atomic E-state index is 0.570. The second-order valence-electron chi connectivity index (χ2n) is 4.88. The van der Waals surface area contributed by atoms with Crippen molar-refractivity contribution in [2.75, 3.05) is 33.4 Å². The molecule has 1 aromatic heterocycles. The number of nitrogens with zero attached hydrogens (tertiary/aromatic N) is 1. The van der Waals surface area contributed by atoms with Crippen LogP contribution in [-0.4, -0.2) is 38.4 Å². The van der Waals surface area contributed by atoms with Crippen LogP contribution in [0.1, 0.15) is 25.8 Å². The largest absolute Gasteiger partial charge is 0.492 e. The molecule has 1 rings (SSSR count).